The Morgan fingerprint density at radius 2 is 1.84 bits per heavy atom. The number of ether oxygens (including phenoxy) is 2. The first-order valence-corrected chi connectivity index (χ1v) is 6.75. The molecule has 0 saturated heterocycles. The molecule has 19 heavy (non-hydrogen) atoms. The average molecular weight is 278 g/mol. The molecule has 5 heteroatoms. The Morgan fingerprint density at radius 1 is 1.16 bits per heavy atom. The molecule has 0 fully saturated rings. The van der Waals surface area contributed by atoms with Crippen molar-refractivity contribution in [1.29, 1.82) is 0 Å². The van der Waals surface area contributed by atoms with E-state index in [1.54, 1.807) is 25.6 Å². The minimum Gasteiger partial charge on any atom is -0.493 e. The zero-order valence-corrected chi connectivity index (χ0v) is 12.4. The smallest absolute Gasteiger partial charge is 0.161 e. The van der Waals surface area contributed by atoms with Gasteiger partial charge in [0.1, 0.15) is 5.01 Å². The predicted molar refractivity (Wildman–Crippen MR) is 77.9 cm³/mol. The minimum absolute atomic E-state index is 0.369. The van der Waals surface area contributed by atoms with Crippen molar-refractivity contribution >= 4 is 11.3 Å². The van der Waals surface area contributed by atoms with Crippen LogP contribution in [0.5, 0.6) is 11.5 Å². The molecule has 0 unspecified atom stereocenters. The topological polar surface area (TPSA) is 57.4 Å². The van der Waals surface area contributed by atoms with Crippen LogP contribution in [0.4, 0.5) is 0 Å². The van der Waals surface area contributed by atoms with Gasteiger partial charge in [0.25, 0.3) is 0 Å². The summed E-state index contributed by atoms with van der Waals surface area (Å²) >= 11 is 1.59. The van der Waals surface area contributed by atoms with Crippen LogP contribution in [0.15, 0.2) is 24.4 Å². The zero-order chi connectivity index (χ0) is 14.0. The van der Waals surface area contributed by atoms with Gasteiger partial charge in [-0.2, -0.15) is 0 Å². The second kappa shape index (κ2) is 5.19. The van der Waals surface area contributed by atoms with Crippen molar-refractivity contribution in [3.8, 4) is 22.1 Å². The summed E-state index contributed by atoms with van der Waals surface area (Å²) in [4.78, 5) is 5.48. The number of benzene rings is 1. The van der Waals surface area contributed by atoms with Crippen LogP contribution in [0.3, 0.4) is 0 Å². The number of hydrogen-bond donors (Lipinski definition) is 1. The summed E-state index contributed by atoms with van der Waals surface area (Å²) in [6.07, 6.45) is 1.83. The largest absolute Gasteiger partial charge is 0.493 e. The fraction of sp³-hybridized carbons (Fsp3) is 0.357. The second-order valence-corrected chi connectivity index (χ2v) is 5.85. The summed E-state index contributed by atoms with van der Waals surface area (Å²) < 4.78 is 10.5. The van der Waals surface area contributed by atoms with E-state index in [0.29, 0.717) is 11.5 Å². The molecule has 4 nitrogen and oxygen atoms in total. The normalized spacial score (nSPS) is 11.4. The van der Waals surface area contributed by atoms with E-state index in [0.717, 1.165) is 15.4 Å². The lowest BCUT2D eigenvalue weighted by Crippen LogP contribution is -2.27. The molecular weight excluding hydrogens is 260 g/mol. The number of hydrogen-bond acceptors (Lipinski definition) is 5. The summed E-state index contributed by atoms with van der Waals surface area (Å²) in [5.74, 6) is 1.41. The Morgan fingerprint density at radius 3 is 2.37 bits per heavy atom. The summed E-state index contributed by atoms with van der Waals surface area (Å²) in [5.41, 5.74) is 6.71. The molecule has 1 heterocycles. The molecule has 1 aromatic heterocycles. The average Bonchev–Trinajstić information content (AvgIpc) is 2.87. The number of methoxy groups -OCH3 is 2. The number of rotatable bonds is 4. The maximum atomic E-state index is 6.08. The molecule has 2 aromatic rings. The van der Waals surface area contributed by atoms with Gasteiger partial charge >= 0.3 is 0 Å². The van der Waals surface area contributed by atoms with Gasteiger partial charge in [-0.25, -0.2) is 4.98 Å². The van der Waals surface area contributed by atoms with Gasteiger partial charge in [-0.1, -0.05) is 0 Å². The van der Waals surface area contributed by atoms with E-state index in [2.05, 4.69) is 4.98 Å². The van der Waals surface area contributed by atoms with Gasteiger partial charge < -0.3 is 15.2 Å². The molecule has 0 spiro atoms. The lowest BCUT2D eigenvalue weighted by molar-refractivity contribution is 0.355. The van der Waals surface area contributed by atoms with Crippen LogP contribution in [0.1, 0.15) is 18.7 Å². The number of thiazole rings is 1. The van der Waals surface area contributed by atoms with Crippen molar-refractivity contribution in [3.63, 3.8) is 0 Å². The first kappa shape index (κ1) is 13.8. The first-order chi connectivity index (χ1) is 8.95. The van der Waals surface area contributed by atoms with Crippen molar-refractivity contribution in [2.45, 2.75) is 19.4 Å². The van der Waals surface area contributed by atoms with Crippen molar-refractivity contribution in [3.05, 3.63) is 29.3 Å². The minimum atomic E-state index is -0.369. The Balaban J connectivity index is 2.39. The maximum absolute atomic E-state index is 6.08. The van der Waals surface area contributed by atoms with Crippen LogP contribution in [-0.4, -0.2) is 19.2 Å². The third-order valence-electron chi connectivity index (χ3n) is 2.77. The van der Waals surface area contributed by atoms with Gasteiger partial charge in [0.05, 0.1) is 14.2 Å². The van der Waals surface area contributed by atoms with Gasteiger partial charge in [0.15, 0.2) is 11.5 Å². The van der Waals surface area contributed by atoms with Crippen molar-refractivity contribution in [2.24, 2.45) is 5.73 Å². The van der Waals surface area contributed by atoms with Gasteiger partial charge in [-0.15, -0.1) is 11.3 Å². The molecule has 2 N–H and O–H groups in total. The first-order valence-electron chi connectivity index (χ1n) is 5.93. The highest BCUT2D eigenvalue weighted by molar-refractivity contribution is 7.15. The highest BCUT2D eigenvalue weighted by atomic mass is 32.1. The molecule has 0 amide bonds. The highest BCUT2D eigenvalue weighted by Gasteiger charge is 2.18. The van der Waals surface area contributed by atoms with Gasteiger partial charge in [-0.3, -0.25) is 0 Å². The zero-order valence-electron chi connectivity index (χ0n) is 11.6. The standard InChI is InChI=1S/C14H18N2O2S/c1-14(2,15)12-8-16-13(19-12)9-5-6-10(17-3)11(7-9)18-4/h5-8H,15H2,1-4H3. The highest BCUT2D eigenvalue weighted by Crippen LogP contribution is 2.35. The Hall–Kier alpha value is -1.59. The van der Waals surface area contributed by atoms with Gasteiger partial charge in [0, 0.05) is 22.2 Å². The molecule has 0 bridgehead atoms. The lowest BCUT2D eigenvalue weighted by atomic mass is 10.1. The van der Waals surface area contributed by atoms with E-state index in [4.69, 9.17) is 15.2 Å². The quantitative estimate of drug-likeness (QED) is 0.934. The van der Waals surface area contributed by atoms with Crippen LogP contribution < -0.4 is 15.2 Å². The maximum Gasteiger partial charge on any atom is 0.161 e. The van der Waals surface area contributed by atoms with Crippen LogP contribution in [0.25, 0.3) is 10.6 Å². The lowest BCUT2D eigenvalue weighted by Gasteiger charge is -2.14. The Labute approximate surface area is 117 Å². The van der Waals surface area contributed by atoms with Gasteiger partial charge in [-0.05, 0) is 32.0 Å². The SMILES string of the molecule is COc1ccc(-c2ncc(C(C)(C)N)s2)cc1OC. The predicted octanol–water partition coefficient (Wildman–Crippen LogP) is 3.02. The molecule has 0 saturated carbocycles. The van der Waals surface area contributed by atoms with Crippen molar-refractivity contribution in [2.75, 3.05) is 14.2 Å². The fourth-order valence-corrected chi connectivity index (χ4v) is 2.60. The molecule has 0 radical (unpaired) electrons. The molecular formula is C14H18N2O2S. The number of nitrogens with zero attached hydrogens (tertiary/aromatic N) is 1. The molecule has 1 aromatic carbocycles. The summed E-state index contributed by atoms with van der Waals surface area (Å²) in [5, 5.41) is 0.925. The summed E-state index contributed by atoms with van der Waals surface area (Å²) in [6, 6.07) is 5.77. The van der Waals surface area contributed by atoms with Crippen LogP contribution in [-0.2, 0) is 5.54 Å². The second-order valence-electron chi connectivity index (χ2n) is 4.82. The fourth-order valence-electron chi connectivity index (χ4n) is 1.67. The Kier molecular flexibility index (Phi) is 3.78. The summed E-state index contributed by atoms with van der Waals surface area (Å²) in [6.45, 7) is 3.94. The van der Waals surface area contributed by atoms with E-state index < -0.39 is 0 Å². The van der Waals surface area contributed by atoms with Crippen LogP contribution in [0.2, 0.25) is 0 Å². The molecule has 0 atom stereocenters. The Bertz CT molecular complexity index is 573. The van der Waals surface area contributed by atoms with E-state index in [-0.39, 0.29) is 5.54 Å². The van der Waals surface area contributed by atoms with E-state index >= 15 is 0 Å². The third kappa shape index (κ3) is 2.88. The molecule has 0 aliphatic heterocycles. The van der Waals surface area contributed by atoms with E-state index in [9.17, 15) is 0 Å². The third-order valence-corrected chi connectivity index (χ3v) is 4.16. The van der Waals surface area contributed by atoms with Gasteiger partial charge in [0.2, 0.25) is 0 Å². The molecule has 2 rings (SSSR count). The van der Waals surface area contributed by atoms with Crippen molar-refractivity contribution in [1.82, 2.24) is 4.98 Å². The number of nitrogens with two attached hydrogens (primary N) is 1. The monoisotopic (exact) mass is 278 g/mol. The molecule has 0 aliphatic rings. The van der Waals surface area contributed by atoms with Crippen LogP contribution >= 0.6 is 11.3 Å². The van der Waals surface area contributed by atoms with Crippen molar-refractivity contribution < 1.29 is 9.47 Å². The summed E-state index contributed by atoms with van der Waals surface area (Å²) in [7, 11) is 3.24. The molecule has 102 valence electrons. The van der Waals surface area contributed by atoms with E-state index in [1.807, 2.05) is 38.2 Å². The van der Waals surface area contributed by atoms with Crippen LogP contribution in [0, 0.1) is 0 Å². The molecule has 0 aliphatic carbocycles. The van der Waals surface area contributed by atoms with E-state index in [1.165, 1.54) is 0 Å². The number of aromatic nitrogens is 1.